The van der Waals surface area contributed by atoms with Crippen molar-refractivity contribution in [1.29, 1.82) is 0 Å². The molecule has 0 bridgehead atoms. The zero-order valence-corrected chi connectivity index (χ0v) is 19.5. The lowest BCUT2D eigenvalue weighted by Gasteiger charge is -2.20. The lowest BCUT2D eigenvalue weighted by Crippen LogP contribution is -2.18. The van der Waals surface area contributed by atoms with Crippen LogP contribution < -0.4 is 10.1 Å². The van der Waals surface area contributed by atoms with Crippen molar-refractivity contribution in [3.63, 3.8) is 0 Å². The lowest BCUT2D eigenvalue weighted by atomic mass is 10.1. The Balaban J connectivity index is 1.92. The Morgan fingerprint density at radius 2 is 1.50 bits per heavy atom. The SMILES string of the molecule is Cc1ccc(C)n1S(=O)(=O)c1cc(C(=O)O)cc(NCc2ccccc2)c1Oc1ccccc1. The van der Waals surface area contributed by atoms with E-state index in [2.05, 4.69) is 5.32 Å². The van der Waals surface area contributed by atoms with Crippen LogP contribution in [0.15, 0.2) is 89.8 Å². The van der Waals surface area contributed by atoms with Gasteiger partial charge in [-0.25, -0.2) is 17.2 Å². The van der Waals surface area contributed by atoms with Gasteiger partial charge in [0.25, 0.3) is 10.0 Å². The van der Waals surface area contributed by atoms with Crippen molar-refractivity contribution in [3.8, 4) is 11.5 Å². The fraction of sp³-hybridized carbons (Fsp3) is 0.115. The zero-order chi connectivity index (χ0) is 24.3. The summed E-state index contributed by atoms with van der Waals surface area (Å²) in [5.74, 6) is -0.795. The number of rotatable bonds is 8. The molecule has 0 aliphatic carbocycles. The number of hydrogen-bond acceptors (Lipinski definition) is 5. The number of aromatic nitrogens is 1. The molecule has 2 N–H and O–H groups in total. The third-order valence-corrected chi connectivity index (χ3v) is 7.23. The van der Waals surface area contributed by atoms with Gasteiger partial charge in [-0.15, -0.1) is 0 Å². The Labute approximate surface area is 198 Å². The Hall–Kier alpha value is -4.04. The van der Waals surface area contributed by atoms with Gasteiger partial charge in [0.05, 0.1) is 11.3 Å². The minimum Gasteiger partial charge on any atom is -0.478 e. The van der Waals surface area contributed by atoms with Gasteiger partial charge in [0.2, 0.25) is 0 Å². The number of aromatic carboxylic acids is 1. The van der Waals surface area contributed by atoms with Crippen molar-refractivity contribution in [2.75, 3.05) is 5.32 Å². The van der Waals surface area contributed by atoms with Crippen molar-refractivity contribution in [2.45, 2.75) is 25.3 Å². The fourth-order valence-corrected chi connectivity index (χ4v) is 5.42. The first kappa shape index (κ1) is 23.1. The summed E-state index contributed by atoms with van der Waals surface area (Å²) in [4.78, 5) is 11.7. The zero-order valence-electron chi connectivity index (χ0n) is 18.7. The second kappa shape index (κ2) is 9.44. The van der Waals surface area contributed by atoms with Crippen LogP contribution in [-0.4, -0.2) is 23.5 Å². The minimum absolute atomic E-state index is 0.0274. The van der Waals surface area contributed by atoms with Gasteiger partial charge in [-0.3, -0.25) is 0 Å². The van der Waals surface area contributed by atoms with Crippen LogP contribution in [0.25, 0.3) is 0 Å². The highest BCUT2D eigenvalue weighted by molar-refractivity contribution is 7.90. The van der Waals surface area contributed by atoms with Gasteiger partial charge in [-0.2, -0.15) is 0 Å². The first-order valence-electron chi connectivity index (χ1n) is 10.6. The average molecular weight is 477 g/mol. The van der Waals surface area contributed by atoms with Crippen LogP contribution in [0.2, 0.25) is 0 Å². The summed E-state index contributed by atoms with van der Waals surface area (Å²) in [7, 11) is -4.18. The second-order valence-electron chi connectivity index (χ2n) is 7.80. The Bertz CT molecular complexity index is 1410. The molecule has 0 aliphatic heterocycles. The number of carboxylic acids is 1. The van der Waals surface area contributed by atoms with E-state index in [4.69, 9.17) is 4.74 Å². The maximum atomic E-state index is 13.8. The molecule has 8 heteroatoms. The molecule has 1 heterocycles. The molecule has 0 atom stereocenters. The van der Waals surface area contributed by atoms with Crippen molar-refractivity contribution in [2.24, 2.45) is 0 Å². The molecule has 3 aromatic carbocycles. The van der Waals surface area contributed by atoms with Crippen LogP contribution in [0.1, 0.15) is 27.3 Å². The first-order valence-corrected chi connectivity index (χ1v) is 12.0. The molecule has 4 rings (SSSR count). The third-order valence-electron chi connectivity index (χ3n) is 5.32. The van der Waals surface area contributed by atoms with E-state index in [-0.39, 0.29) is 21.9 Å². The second-order valence-corrected chi connectivity index (χ2v) is 9.55. The molecule has 7 nitrogen and oxygen atoms in total. The number of para-hydroxylation sites is 1. The fourth-order valence-electron chi connectivity index (χ4n) is 3.69. The van der Waals surface area contributed by atoms with Gasteiger partial charge in [-0.05, 0) is 55.8 Å². The topological polar surface area (TPSA) is 97.6 Å². The van der Waals surface area contributed by atoms with Crippen LogP contribution >= 0.6 is 0 Å². The van der Waals surface area contributed by atoms with Crippen LogP contribution in [0.5, 0.6) is 11.5 Å². The quantitative estimate of drug-likeness (QED) is 0.351. The number of benzene rings is 3. The van der Waals surface area contributed by atoms with Gasteiger partial charge < -0.3 is 15.2 Å². The predicted molar refractivity (Wildman–Crippen MR) is 130 cm³/mol. The van der Waals surface area contributed by atoms with E-state index in [1.807, 2.05) is 36.4 Å². The smallest absolute Gasteiger partial charge is 0.335 e. The lowest BCUT2D eigenvalue weighted by molar-refractivity contribution is 0.0696. The van der Waals surface area contributed by atoms with Crippen LogP contribution in [0.4, 0.5) is 5.69 Å². The number of nitrogens with zero attached hydrogens (tertiary/aromatic N) is 1. The minimum atomic E-state index is -4.18. The molecule has 0 saturated carbocycles. The summed E-state index contributed by atoms with van der Waals surface area (Å²) < 4.78 is 34.9. The highest BCUT2D eigenvalue weighted by atomic mass is 32.2. The van der Waals surface area contributed by atoms with Gasteiger partial charge in [-0.1, -0.05) is 48.5 Å². The molecule has 0 spiro atoms. The molecule has 0 unspecified atom stereocenters. The molecule has 34 heavy (non-hydrogen) atoms. The van der Waals surface area contributed by atoms with Crippen molar-refractivity contribution in [3.05, 3.63) is 107 Å². The molecular weight excluding hydrogens is 452 g/mol. The summed E-state index contributed by atoms with van der Waals surface area (Å²) in [5.41, 5.74) is 2.03. The third kappa shape index (κ3) is 4.67. The summed E-state index contributed by atoms with van der Waals surface area (Å²) in [5, 5.41) is 12.9. The number of hydrogen-bond donors (Lipinski definition) is 2. The van der Waals surface area contributed by atoms with E-state index in [9.17, 15) is 18.3 Å². The van der Waals surface area contributed by atoms with Crippen molar-refractivity contribution < 1.29 is 23.1 Å². The molecule has 0 saturated heterocycles. The Morgan fingerprint density at radius 3 is 2.09 bits per heavy atom. The molecular formula is C26H24N2O5S. The average Bonchev–Trinajstić information content (AvgIpc) is 3.17. The highest BCUT2D eigenvalue weighted by Crippen LogP contribution is 2.39. The molecule has 0 amide bonds. The summed E-state index contributed by atoms with van der Waals surface area (Å²) in [6, 6.07) is 24.2. The van der Waals surface area contributed by atoms with Crippen LogP contribution in [0.3, 0.4) is 0 Å². The molecule has 0 radical (unpaired) electrons. The van der Waals surface area contributed by atoms with Crippen LogP contribution in [0, 0.1) is 13.8 Å². The van der Waals surface area contributed by atoms with Crippen molar-refractivity contribution >= 4 is 21.7 Å². The van der Waals surface area contributed by atoms with E-state index in [1.165, 1.54) is 10.0 Å². The van der Waals surface area contributed by atoms with E-state index in [0.29, 0.717) is 23.7 Å². The van der Waals surface area contributed by atoms with Gasteiger partial charge >= 0.3 is 5.97 Å². The first-order chi connectivity index (χ1) is 16.3. The van der Waals surface area contributed by atoms with Crippen LogP contribution in [-0.2, 0) is 16.6 Å². The summed E-state index contributed by atoms with van der Waals surface area (Å²) in [6.45, 7) is 3.70. The number of carbonyl (C=O) groups is 1. The number of aryl methyl sites for hydroxylation is 2. The van der Waals surface area contributed by atoms with E-state index in [0.717, 1.165) is 11.6 Å². The van der Waals surface area contributed by atoms with Gasteiger partial charge in [0.15, 0.2) is 5.75 Å². The maximum absolute atomic E-state index is 13.8. The van der Waals surface area contributed by atoms with E-state index >= 15 is 0 Å². The van der Waals surface area contributed by atoms with Crippen molar-refractivity contribution in [1.82, 2.24) is 3.97 Å². The predicted octanol–water partition coefficient (Wildman–Crippen LogP) is 5.44. The highest BCUT2D eigenvalue weighted by Gasteiger charge is 2.29. The monoisotopic (exact) mass is 476 g/mol. The Morgan fingerprint density at radius 1 is 0.912 bits per heavy atom. The maximum Gasteiger partial charge on any atom is 0.335 e. The number of carboxylic acid groups (broad SMARTS) is 1. The van der Waals surface area contributed by atoms with Gasteiger partial charge in [0.1, 0.15) is 10.6 Å². The normalized spacial score (nSPS) is 11.2. The van der Waals surface area contributed by atoms with E-state index in [1.54, 1.807) is 50.2 Å². The molecule has 0 aliphatic rings. The Kier molecular flexibility index (Phi) is 6.43. The van der Waals surface area contributed by atoms with E-state index < -0.39 is 16.0 Å². The number of ether oxygens (including phenoxy) is 1. The molecule has 1 aromatic heterocycles. The molecule has 4 aromatic rings. The molecule has 0 fully saturated rings. The number of nitrogens with one attached hydrogen (secondary N) is 1. The standard InChI is InChI=1S/C26H24N2O5S/c1-18-13-14-19(2)28(18)34(31,32)24-16-21(26(29)30)15-23(27-17-20-9-5-3-6-10-20)25(24)33-22-11-7-4-8-12-22/h3-16,27H,17H2,1-2H3,(H,29,30). The molecule has 174 valence electrons. The van der Waals surface area contributed by atoms with Gasteiger partial charge in [0, 0.05) is 17.9 Å². The summed E-state index contributed by atoms with van der Waals surface area (Å²) >= 11 is 0. The summed E-state index contributed by atoms with van der Waals surface area (Å²) in [6.07, 6.45) is 0. The number of anilines is 1. The largest absolute Gasteiger partial charge is 0.478 e.